The second kappa shape index (κ2) is 7.37. The Labute approximate surface area is 140 Å². The highest BCUT2D eigenvalue weighted by atomic mass is 16.1. The lowest BCUT2D eigenvalue weighted by molar-refractivity contribution is 0.0945. The zero-order chi connectivity index (χ0) is 16.8. The SMILES string of the molecule is Cc1ccc(Nc2ccc(C(=O)NCc3ccccn3)nc2)cc1. The Balaban J connectivity index is 1.59. The lowest BCUT2D eigenvalue weighted by atomic mass is 10.2. The minimum atomic E-state index is -0.220. The number of aromatic nitrogens is 2. The fourth-order valence-corrected chi connectivity index (χ4v) is 2.17. The summed E-state index contributed by atoms with van der Waals surface area (Å²) in [5.74, 6) is -0.220. The topological polar surface area (TPSA) is 66.9 Å². The summed E-state index contributed by atoms with van der Waals surface area (Å²) in [5, 5.41) is 6.06. The molecule has 5 nitrogen and oxygen atoms in total. The molecule has 0 unspecified atom stereocenters. The molecule has 0 spiro atoms. The summed E-state index contributed by atoms with van der Waals surface area (Å²) in [5.41, 5.74) is 4.21. The zero-order valence-electron chi connectivity index (χ0n) is 13.4. The minimum Gasteiger partial charge on any atom is -0.354 e. The van der Waals surface area contributed by atoms with Gasteiger partial charge in [0.05, 0.1) is 24.1 Å². The second-order valence-corrected chi connectivity index (χ2v) is 5.43. The first-order chi connectivity index (χ1) is 11.7. The van der Waals surface area contributed by atoms with Crippen LogP contribution in [-0.2, 0) is 6.54 Å². The predicted octanol–water partition coefficient (Wildman–Crippen LogP) is 3.46. The van der Waals surface area contributed by atoms with E-state index in [1.165, 1.54) is 5.56 Å². The minimum absolute atomic E-state index is 0.220. The van der Waals surface area contributed by atoms with Crippen LogP contribution in [0.4, 0.5) is 11.4 Å². The van der Waals surface area contributed by atoms with Crippen molar-refractivity contribution in [3.05, 3.63) is 83.9 Å². The van der Waals surface area contributed by atoms with Crippen molar-refractivity contribution in [1.82, 2.24) is 15.3 Å². The van der Waals surface area contributed by atoms with E-state index in [4.69, 9.17) is 0 Å². The third kappa shape index (κ3) is 4.16. The molecular weight excluding hydrogens is 300 g/mol. The molecule has 0 aliphatic rings. The monoisotopic (exact) mass is 318 g/mol. The Bertz CT molecular complexity index is 799. The Morgan fingerprint density at radius 2 is 1.75 bits per heavy atom. The summed E-state index contributed by atoms with van der Waals surface area (Å²) >= 11 is 0. The van der Waals surface area contributed by atoms with Crippen molar-refractivity contribution in [2.45, 2.75) is 13.5 Å². The molecule has 1 aromatic carbocycles. The normalized spacial score (nSPS) is 10.2. The van der Waals surface area contributed by atoms with Gasteiger partial charge >= 0.3 is 0 Å². The Morgan fingerprint density at radius 3 is 2.42 bits per heavy atom. The van der Waals surface area contributed by atoms with E-state index < -0.39 is 0 Å². The van der Waals surface area contributed by atoms with E-state index in [0.717, 1.165) is 17.1 Å². The summed E-state index contributed by atoms with van der Waals surface area (Å²) in [4.78, 5) is 20.5. The van der Waals surface area contributed by atoms with E-state index in [9.17, 15) is 4.79 Å². The van der Waals surface area contributed by atoms with Gasteiger partial charge in [0.25, 0.3) is 5.91 Å². The number of pyridine rings is 2. The highest BCUT2D eigenvalue weighted by molar-refractivity contribution is 5.92. The average Bonchev–Trinajstić information content (AvgIpc) is 2.63. The van der Waals surface area contributed by atoms with E-state index in [0.29, 0.717) is 12.2 Å². The smallest absolute Gasteiger partial charge is 0.270 e. The van der Waals surface area contributed by atoms with E-state index in [2.05, 4.69) is 20.6 Å². The molecule has 1 amide bonds. The standard InChI is InChI=1S/C19H18N4O/c1-14-5-7-15(8-6-14)23-17-9-10-18(21-13-17)19(24)22-12-16-4-2-3-11-20-16/h2-11,13,23H,12H2,1H3,(H,22,24). The van der Waals surface area contributed by atoms with Crippen molar-refractivity contribution in [3.63, 3.8) is 0 Å². The van der Waals surface area contributed by atoms with Crippen LogP contribution in [0.3, 0.4) is 0 Å². The van der Waals surface area contributed by atoms with Crippen LogP contribution in [0.25, 0.3) is 0 Å². The van der Waals surface area contributed by atoms with Gasteiger partial charge in [-0.3, -0.25) is 9.78 Å². The van der Waals surface area contributed by atoms with E-state index in [1.807, 2.05) is 55.5 Å². The number of nitrogens with zero attached hydrogens (tertiary/aromatic N) is 2. The lowest BCUT2D eigenvalue weighted by Gasteiger charge is -2.08. The number of anilines is 2. The number of rotatable bonds is 5. The molecule has 2 aromatic heterocycles. The molecule has 120 valence electrons. The molecule has 24 heavy (non-hydrogen) atoms. The Kier molecular flexibility index (Phi) is 4.81. The van der Waals surface area contributed by atoms with Crippen LogP contribution in [0.15, 0.2) is 67.0 Å². The molecule has 0 bridgehead atoms. The molecule has 0 saturated heterocycles. The molecule has 0 saturated carbocycles. The number of aryl methyl sites for hydroxylation is 1. The molecule has 5 heteroatoms. The molecule has 0 atom stereocenters. The zero-order valence-corrected chi connectivity index (χ0v) is 13.4. The van der Waals surface area contributed by atoms with Crippen LogP contribution in [0.1, 0.15) is 21.7 Å². The molecule has 0 aliphatic heterocycles. The van der Waals surface area contributed by atoms with E-state index >= 15 is 0 Å². The third-order valence-corrected chi connectivity index (χ3v) is 3.49. The number of hydrogen-bond acceptors (Lipinski definition) is 4. The van der Waals surface area contributed by atoms with E-state index in [-0.39, 0.29) is 5.91 Å². The van der Waals surface area contributed by atoms with Gasteiger partial charge in [-0.05, 0) is 43.3 Å². The second-order valence-electron chi connectivity index (χ2n) is 5.43. The van der Waals surface area contributed by atoms with Crippen molar-refractivity contribution >= 4 is 17.3 Å². The summed E-state index contributed by atoms with van der Waals surface area (Å²) in [6.45, 7) is 2.43. The maximum absolute atomic E-state index is 12.1. The number of carbonyl (C=O) groups excluding carboxylic acids is 1. The molecule has 0 fully saturated rings. The van der Waals surface area contributed by atoms with Crippen molar-refractivity contribution < 1.29 is 4.79 Å². The summed E-state index contributed by atoms with van der Waals surface area (Å²) in [6, 6.07) is 17.2. The highest BCUT2D eigenvalue weighted by Crippen LogP contribution is 2.16. The first-order valence-corrected chi connectivity index (χ1v) is 7.68. The van der Waals surface area contributed by atoms with Crippen LogP contribution >= 0.6 is 0 Å². The Morgan fingerprint density at radius 1 is 0.958 bits per heavy atom. The van der Waals surface area contributed by atoms with Crippen molar-refractivity contribution in [2.24, 2.45) is 0 Å². The van der Waals surface area contributed by atoms with Gasteiger partial charge in [-0.2, -0.15) is 0 Å². The van der Waals surface area contributed by atoms with Gasteiger partial charge in [-0.25, -0.2) is 4.98 Å². The van der Waals surface area contributed by atoms with Crippen molar-refractivity contribution in [2.75, 3.05) is 5.32 Å². The van der Waals surface area contributed by atoms with Gasteiger partial charge in [0.15, 0.2) is 0 Å². The van der Waals surface area contributed by atoms with Crippen LogP contribution in [0.2, 0.25) is 0 Å². The number of carbonyl (C=O) groups is 1. The molecule has 3 aromatic rings. The Hall–Kier alpha value is -3.21. The molecule has 0 radical (unpaired) electrons. The van der Waals surface area contributed by atoms with Gasteiger partial charge in [-0.1, -0.05) is 23.8 Å². The summed E-state index contributed by atoms with van der Waals surface area (Å²) < 4.78 is 0. The fraction of sp³-hybridized carbons (Fsp3) is 0.105. The summed E-state index contributed by atoms with van der Waals surface area (Å²) in [6.07, 6.45) is 3.35. The van der Waals surface area contributed by atoms with Crippen LogP contribution in [0.5, 0.6) is 0 Å². The maximum Gasteiger partial charge on any atom is 0.270 e. The van der Waals surface area contributed by atoms with Gasteiger partial charge in [-0.15, -0.1) is 0 Å². The van der Waals surface area contributed by atoms with E-state index in [1.54, 1.807) is 18.5 Å². The number of nitrogens with one attached hydrogen (secondary N) is 2. The van der Waals surface area contributed by atoms with Crippen molar-refractivity contribution in [1.29, 1.82) is 0 Å². The van der Waals surface area contributed by atoms with Gasteiger partial charge in [0, 0.05) is 11.9 Å². The molecular formula is C19H18N4O. The first-order valence-electron chi connectivity index (χ1n) is 7.68. The number of hydrogen-bond donors (Lipinski definition) is 2. The molecule has 2 N–H and O–H groups in total. The van der Waals surface area contributed by atoms with Crippen LogP contribution < -0.4 is 10.6 Å². The largest absolute Gasteiger partial charge is 0.354 e. The molecule has 3 rings (SSSR count). The third-order valence-electron chi connectivity index (χ3n) is 3.49. The highest BCUT2D eigenvalue weighted by Gasteiger charge is 2.07. The van der Waals surface area contributed by atoms with Crippen LogP contribution in [0, 0.1) is 6.92 Å². The number of benzene rings is 1. The average molecular weight is 318 g/mol. The fourth-order valence-electron chi connectivity index (χ4n) is 2.17. The van der Waals surface area contributed by atoms with Gasteiger partial charge in [0.2, 0.25) is 0 Å². The van der Waals surface area contributed by atoms with Crippen molar-refractivity contribution in [3.8, 4) is 0 Å². The quantitative estimate of drug-likeness (QED) is 0.756. The first kappa shape index (κ1) is 15.7. The van der Waals surface area contributed by atoms with Crippen LogP contribution in [-0.4, -0.2) is 15.9 Å². The van der Waals surface area contributed by atoms with Gasteiger partial charge < -0.3 is 10.6 Å². The van der Waals surface area contributed by atoms with Gasteiger partial charge in [0.1, 0.15) is 5.69 Å². The predicted molar refractivity (Wildman–Crippen MR) is 94.1 cm³/mol. The lowest BCUT2D eigenvalue weighted by Crippen LogP contribution is -2.24. The number of amides is 1. The maximum atomic E-state index is 12.1. The molecule has 2 heterocycles. The summed E-state index contributed by atoms with van der Waals surface area (Å²) in [7, 11) is 0. The molecule has 0 aliphatic carbocycles.